The Labute approximate surface area is 114 Å². The smallest absolute Gasteiger partial charge is 0.330 e. The van der Waals surface area contributed by atoms with Crippen molar-refractivity contribution in [2.75, 3.05) is 5.32 Å². The molecule has 2 rings (SSSR count). The summed E-state index contributed by atoms with van der Waals surface area (Å²) in [5.74, 6) is -1.12. The number of carboxylic acids is 1. The molecule has 0 bridgehead atoms. The SMILES string of the molecule is O=C(O)C(Nc1ccncc1[N+](=O)[O-])c1ccccc1. The second-order valence-electron chi connectivity index (χ2n) is 3.98. The van der Waals surface area contributed by atoms with Gasteiger partial charge in [0.15, 0.2) is 6.04 Å². The van der Waals surface area contributed by atoms with E-state index in [4.69, 9.17) is 0 Å². The van der Waals surface area contributed by atoms with Gasteiger partial charge in [-0.15, -0.1) is 0 Å². The monoisotopic (exact) mass is 273 g/mol. The molecule has 0 spiro atoms. The van der Waals surface area contributed by atoms with Gasteiger partial charge in [-0.3, -0.25) is 15.1 Å². The summed E-state index contributed by atoms with van der Waals surface area (Å²) in [6.45, 7) is 0. The second-order valence-corrected chi connectivity index (χ2v) is 3.98. The topological polar surface area (TPSA) is 105 Å². The summed E-state index contributed by atoms with van der Waals surface area (Å²) in [6, 6.07) is 8.74. The molecule has 1 unspecified atom stereocenters. The van der Waals surface area contributed by atoms with E-state index in [9.17, 15) is 20.0 Å². The van der Waals surface area contributed by atoms with E-state index in [2.05, 4.69) is 10.3 Å². The van der Waals surface area contributed by atoms with Crippen LogP contribution in [0, 0.1) is 10.1 Å². The Hall–Kier alpha value is -2.96. The third-order valence-corrected chi connectivity index (χ3v) is 2.68. The highest BCUT2D eigenvalue weighted by molar-refractivity contribution is 5.80. The molecule has 7 nitrogen and oxygen atoms in total. The van der Waals surface area contributed by atoms with Gasteiger partial charge in [0.1, 0.15) is 11.9 Å². The number of hydrogen-bond donors (Lipinski definition) is 2. The molecule has 0 radical (unpaired) electrons. The Bertz CT molecular complexity index is 631. The molecule has 1 heterocycles. The van der Waals surface area contributed by atoms with Crippen LogP contribution in [0.5, 0.6) is 0 Å². The molecule has 0 saturated heterocycles. The Morgan fingerprint density at radius 2 is 2.00 bits per heavy atom. The molecular weight excluding hydrogens is 262 g/mol. The van der Waals surface area contributed by atoms with Crippen molar-refractivity contribution in [2.45, 2.75) is 6.04 Å². The van der Waals surface area contributed by atoms with Crippen molar-refractivity contribution in [3.63, 3.8) is 0 Å². The number of rotatable bonds is 5. The first-order valence-electron chi connectivity index (χ1n) is 5.72. The zero-order chi connectivity index (χ0) is 14.5. The van der Waals surface area contributed by atoms with Crippen molar-refractivity contribution >= 4 is 17.3 Å². The summed E-state index contributed by atoms with van der Waals surface area (Å²) in [5.41, 5.74) is 0.349. The molecule has 1 aromatic carbocycles. The first-order chi connectivity index (χ1) is 9.59. The van der Waals surface area contributed by atoms with E-state index in [0.29, 0.717) is 5.56 Å². The van der Waals surface area contributed by atoms with Gasteiger partial charge in [-0.05, 0) is 11.6 Å². The number of anilines is 1. The van der Waals surface area contributed by atoms with Gasteiger partial charge in [-0.2, -0.15) is 0 Å². The average Bonchev–Trinajstić information content (AvgIpc) is 2.45. The van der Waals surface area contributed by atoms with Crippen molar-refractivity contribution in [3.05, 3.63) is 64.5 Å². The fourth-order valence-electron chi connectivity index (χ4n) is 1.74. The maximum atomic E-state index is 11.3. The van der Waals surface area contributed by atoms with Gasteiger partial charge in [-0.25, -0.2) is 4.79 Å². The Kier molecular flexibility index (Phi) is 3.90. The van der Waals surface area contributed by atoms with Crippen molar-refractivity contribution < 1.29 is 14.8 Å². The largest absolute Gasteiger partial charge is 0.479 e. The number of carbonyl (C=O) groups is 1. The van der Waals surface area contributed by atoms with Crippen LogP contribution in [0.2, 0.25) is 0 Å². The van der Waals surface area contributed by atoms with Crippen LogP contribution < -0.4 is 5.32 Å². The summed E-state index contributed by atoms with van der Waals surface area (Å²) in [4.78, 5) is 25.3. The molecule has 2 aromatic rings. The van der Waals surface area contributed by atoms with Crippen LogP contribution in [0.4, 0.5) is 11.4 Å². The summed E-state index contributed by atoms with van der Waals surface area (Å²) >= 11 is 0. The molecule has 7 heteroatoms. The summed E-state index contributed by atoms with van der Waals surface area (Å²) < 4.78 is 0. The highest BCUT2D eigenvalue weighted by atomic mass is 16.6. The predicted molar refractivity (Wildman–Crippen MR) is 71.3 cm³/mol. The number of carboxylic acid groups (broad SMARTS) is 1. The number of aliphatic carboxylic acids is 1. The van der Waals surface area contributed by atoms with E-state index in [1.165, 1.54) is 12.3 Å². The Morgan fingerprint density at radius 3 is 2.60 bits per heavy atom. The minimum absolute atomic E-state index is 0.112. The van der Waals surface area contributed by atoms with Gasteiger partial charge in [0, 0.05) is 6.20 Å². The lowest BCUT2D eigenvalue weighted by Crippen LogP contribution is -2.21. The lowest BCUT2D eigenvalue weighted by atomic mass is 10.1. The van der Waals surface area contributed by atoms with Crippen molar-refractivity contribution in [2.24, 2.45) is 0 Å². The molecule has 1 atom stereocenters. The van der Waals surface area contributed by atoms with E-state index in [1.807, 2.05) is 0 Å². The van der Waals surface area contributed by atoms with Crippen LogP contribution >= 0.6 is 0 Å². The van der Waals surface area contributed by atoms with Crippen molar-refractivity contribution in [3.8, 4) is 0 Å². The van der Waals surface area contributed by atoms with Gasteiger partial charge in [0.25, 0.3) is 0 Å². The molecule has 0 aliphatic carbocycles. The highest BCUT2D eigenvalue weighted by Crippen LogP contribution is 2.27. The van der Waals surface area contributed by atoms with Gasteiger partial charge in [-0.1, -0.05) is 30.3 Å². The lowest BCUT2D eigenvalue weighted by Gasteiger charge is -2.15. The number of benzene rings is 1. The number of nitrogens with zero attached hydrogens (tertiary/aromatic N) is 2. The lowest BCUT2D eigenvalue weighted by molar-refractivity contribution is -0.384. The van der Waals surface area contributed by atoms with Crippen LogP contribution in [-0.4, -0.2) is 21.0 Å². The van der Waals surface area contributed by atoms with Crippen LogP contribution in [0.25, 0.3) is 0 Å². The Balaban J connectivity index is 2.35. The number of pyridine rings is 1. The van der Waals surface area contributed by atoms with Gasteiger partial charge >= 0.3 is 11.7 Å². The molecule has 2 N–H and O–H groups in total. The first kappa shape index (κ1) is 13.5. The third kappa shape index (κ3) is 2.89. The minimum atomic E-state index is -1.12. The van der Waals surface area contributed by atoms with E-state index in [-0.39, 0.29) is 11.4 Å². The molecule has 0 fully saturated rings. The standard InChI is InChI=1S/C13H11N3O4/c17-13(18)12(9-4-2-1-3-5-9)15-10-6-7-14-8-11(10)16(19)20/h1-8,12H,(H,14,15)(H,17,18). The van der Waals surface area contributed by atoms with Gasteiger partial charge in [0.2, 0.25) is 0 Å². The second kappa shape index (κ2) is 5.79. The van der Waals surface area contributed by atoms with Crippen molar-refractivity contribution in [1.82, 2.24) is 4.98 Å². The first-order valence-corrected chi connectivity index (χ1v) is 5.72. The van der Waals surface area contributed by atoms with Crippen LogP contribution in [0.1, 0.15) is 11.6 Å². The predicted octanol–water partition coefficient (Wildman–Crippen LogP) is 2.23. The maximum absolute atomic E-state index is 11.3. The minimum Gasteiger partial charge on any atom is -0.479 e. The molecule has 0 aliphatic rings. The molecular formula is C13H11N3O4. The number of nitrogens with one attached hydrogen (secondary N) is 1. The van der Waals surface area contributed by atoms with Gasteiger partial charge < -0.3 is 10.4 Å². The third-order valence-electron chi connectivity index (χ3n) is 2.68. The molecule has 20 heavy (non-hydrogen) atoms. The van der Waals surface area contributed by atoms with Crippen LogP contribution in [0.15, 0.2) is 48.8 Å². The molecule has 1 aromatic heterocycles. The van der Waals surface area contributed by atoms with Gasteiger partial charge in [0.05, 0.1) is 4.92 Å². The van der Waals surface area contributed by atoms with Crippen LogP contribution in [-0.2, 0) is 4.79 Å². The number of aromatic nitrogens is 1. The number of hydrogen-bond acceptors (Lipinski definition) is 5. The average molecular weight is 273 g/mol. The number of nitro groups is 1. The van der Waals surface area contributed by atoms with E-state index in [0.717, 1.165) is 6.20 Å². The zero-order valence-corrected chi connectivity index (χ0v) is 10.3. The van der Waals surface area contributed by atoms with Crippen LogP contribution in [0.3, 0.4) is 0 Å². The fraction of sp³-hybridized carbons (Fsp3) is 0.0769. The summed E-state index contributed by atoms with van der Waals surface area (Å²) in [6.07, 6.45) is 2.44. The van der Waals surface area contributed by atoms with E-state index < -0.39 is 16.9 Å². The van der Waals surface area contributed by atoms with E-state index >= 15 is 0 Å². The quantitative estimate of drug-likeness (QED) is 0.639. The summed E-state index contributed by atoms with van der Waals surface area (Å²) in [5, 5.41) is 22.8. The normalized spacial score (nSPS) is 11.6. The zero-order valence-electron chi connectivity index (χ0n) is 10.3. The fourth-order valence-corrected chi connectivity index (χ4v) is 1.74. The summed E-state index contributed by atoms with van der Waals surface area (Å²) in [7, 11) is 0. The Morgan fingerprint density at radius 1 is 1.30 bits per heavy atom. The van der Waals surface area contributed by atoms with Crippen molar-refractivity contribution in [1.29, 1.82) is 0 Å². The highest BCUT2D eigenvalue weighted by Gasteiger charge is 2.23. The molecule has 0 amide bonds. The van der Waals surface area contributed by atoms with E-state index in [1.54, 1.807) is 30.3 Å². The molecule has 0 saturated carbocycles. The molecule has 0 aliphatic heterocycles. The maximum Gasteiger partial charge on any atom is 0.330 e. The molecule has 102 valence electrons.